The smallest absolute Gasteiger partial charge is 0.294 e. The number of allylic oxidation sites excluding steroid dienone is 4. The van der Waals surface area contributed by atoms with E-state index in [1.165, 1.54) is 43.3 Å². The van der Waals surface area contributed by atoms with Crippen molar-refractivity contribution in [3.63, 3.8) is 0 Å². The Bertz CT molecular complexity index is 2350. The van der Waals surface area contributed by atoms with Crippen LogP contribution >= 0.6 is 0 Å². The summed E-state index contributed by atoms with van der Waals surface area (Å²) in [5.74, 6) is -1.02. The number of hydrogen-bond acceptors (Lipinski definition) is 10. The Labute approximate surface area is 317 Å². The number of nitrogens with zero attached hydrogens (tertiary/aromatic N) is 2. The zero-order valence-electron chi connectivity index (χ0n) is 30.5. The number of Topliss-reactive ketones (excluding diaryl/α,β-unsaturated/α-hetero) is 1. The van der Waals surface area contributed by atoms with Gasteiger partial charge in [0.05, 0.1) is 26.7 Å². The number of anilines is 1. The molecule has 15 nitrogen and oxygen atoms in total. The van der Waals surface area contributed by atoms with Crippen molar-refractivity contribution in [2.45, 2.75) is 93.3 Å². The molecular weight excluding hydrogens is 785 g/mol. The molecule has 1 atom stereocenters. The fourth-order valence-electron chi connectivity index (χ4n) is 7.32. The number of rotatable bonds is 18. The lowest BCUT2D eigenvalue weighted by Crippen LogP contribution is -2.30. The first kappa shape index (κ1) is 43.4. The zero-order chi connectivity index (χ0) is 40.5. The van der Waals surface area contributed by atoms with Crippen LogP contribution < -0.4 is 4.90 Å². The highest BCUT2D eigenvalue weighted by atomic mass is 32.2. The van der Waals surface area contributed by atoms with Gasteiger partial charge in [0.15, 0.2) is 5.71 Å². The van der Waals surface area contributed by atoms with Gasteiger partial charge in [-0.1, -0.05) is 18.9 Å². The molecule has 4 N–H and O–H groups in total. The molecule has 0 spiro atoms. The van der Waals surface area contributed by atoms with E-state index in [-0.39, 0.29) is 41.5 Å². The SMILES string of the molecule is CC(=O)CCCCCC1(C)/C(=C\C=C\C2=[N+](CCCS(=O)(=O)O)c3ccc(S(=O)(=O)O)cc3C2(C)C)N(CCCS(=O)(=O)O)c2ccc(S(=O)(=O)O)cc21. The van der Waals surface area contributed by atoms with Crippen LogP contribution in [0.25, 0.3) is 0 Å². The molecule has 2 aromatic carbocycles. The molecule has 54 heavy (non-hydrogen) atoms. The molecule has 0 aromatic heterocycles. The third kappa shape index (κ3) is 10.3. The highest BCUT2D eigenvalue weighted by molar-refractivity contribution is 7.86. The highest BCUT2D eigenvalue weighted by Gasteiger charge is 2.46. The normalized spacial score (nSPS) is 19.6. The highest BCUT2D eigenvalue weighted by Crippen LogP contribution is 2.51. The van der Waals surface area contributed by atoms with E-state index < -0.39 is 62.8 Å². The summed E-state index contributed by atoms with van der Waals surface area (Å²) in [6.45, 7) is 7.27. The summed E-state index contributed by atoms with van der Waals surface area (Å²) in [4.78, 5) is 12.7. The van der Waals surface area contributed by atoms with Crippen molar-refractivity contribution < 1.29 is 61.3 Å². The maximum Gasteiger partial charge on any atom is 0.294 e. The van der Waals surface area contributed by atoms with Gasteiger partial charge in [0.1, 0.15) is 12.3 Å². The largest absolute Gasteiger partial charge is 0.344 e. The molecule has 1 unspecified atom stereocenters. The summed E-state index contributed by atoms with van der Waals surface area (Å²) < 4.78 is 135. The van der Waals surface area contributed by atoms with Crippen LogP contribution in [-0.4, -0.2) is 92.5 Å². The van der Waals surface area contributed by atoms with Crippen molar-refractivity contribution in [1.82, 2.24) is 0 Å². The fraction of sp³-hybridized carbons (Fsp3) is 0.486. The molecule has 19 heteroatoms. The van der Waals surface area contributed by atoms with E-state index in [0.717, 1.165) is 0 Å². The average Bonchev–Trinajstić information content (AvgIpc) is 3.38. The summed E-state index contributed by atoms with van der Waals surface area (Å²) in [6.07, 6.45) is 8.09. The number of carbonyl (C=O) groups excluding carboxylic acids is 1. The average molecular weight is 832 g/mol. The third-order valence-corrected chi connectivity index (χ3v) is 13.3. The van der Waals surface area contributed by atoms with E-state index in [4.69, 9.17) is 0 Å². The topological polar surface area (TPSA) is 241 Å². The molecule has 4 rings (SSSR count). The van der Waals surface area contributed by atoms with Gasteiger partial charge in [0, 0.05) is 53.9 Å². The Hall–Kier alpha value is -3.30. The second-order valence-corrected chi connectivity index (χ2v) is 20.4. The van der Waals surface area contributed by atoms with E-state index in [1.807, 2.05) is 25.7 Å². The minimum atomic E-state index is -4.60. The van der Waals surface area contributed by atoms with Crippen molar-refractivity contribution in [3.05, 3.63) is 71.5 Å². The monoisotopic (exact) mass is 831 g/mol. The Morgan fingerprint density at radius 1 is 0.759 bits per heavy atom. The molecule has 2 heterocycles. The van der Waals surface area contributed by atoms with Crippen LogP contribution in [0.2, 0.25) is 0 Å². The lowest BCUT2D eigenvalue weighted by Gasteiger charge is -2.30. The summed E-state index contributed by atoms with van der Waals surface area (Å²) in [5, 5.41) is 0. The second-order valence-electron chi connectivity index (χ2n) is 14.4. The summed E-state index contributed by atoms with van der Waals surface area (Å²) in [7, 11) is -17.8. The molecule has 0 radical (unpaired) electrons. The van der Waals surface area contributed by atoms with Crippen LogP contribution in [-0.2, 0) is 56.1 Å². The minimum absolute atomic E-state index is 0.00538. The van der Waals surface area contributed by atoms with E-state index in [9.17, 15) is 56.7 Å². The number of benzene rings is 2. The molecule has 0 bridgehead atoms. The van der Waals surface area contributed by atoms with Crippen molar-refractivity contribution in [2.75, 3.05) is 29.5 Å². The molecule has 2 aliphatic heterocycles. The predicted molar refractivity (Wildman–Crippen MR) is 203 cm³/mol. The first-order chi connectivity index (χ1) is 24.8. The molecule has 298 valence electrons. The van der Waals surface area contributed by atoms with Crippen LogP contribution in [0.1, 0.15) is 83.8 Å². The molecule has 2 aliphatic rings. The van der Waals surface area contributed by atoms with Crippen LogP contribution in [0, 0.1) is 0 Å². The van der Waals surface area contributed by atoms with Gasteiger partial charge < -0.3 is 9.69 Å². The van der Waals surface area contributed by atoms with Crippen LogP contribution in [0.15, 0.2) is 70.1 Å². The Kier molecular flexibility index (Phi) is 12.9. The number of ketones is 1. The lowest BCUT2D eigenvalue weighted by molar-refractivity contribution is -0.437. The molecule has 0 fully saturated rings. The van der Waals surface area contributed by atoms with Gasteiger partial charge in [-0.2, -0.15) is 38.2 Å². The molecule has 2 aromatic rings. The summed E-state index contributed by atoms with van der Waals surface area (Å²) >= 11 is 0. The van der Waals surface area contributed by atoms with Crippen LogP contribution in [0.4, 0.5) is 11.4 Å². The van der Waals surface area contributed by atoms with Gasteiger partial charge in [-0.25, -0.2) is 0 Å². The standard InChI is InChI=1S/C35H46N2O13S4/c1-25(38)11-6-5-7-18-35(4)29-24-27(54(48,49)50)15-17-31(29)37(20-10-22-52(42,43)44)33(35)13-8-12-32-34(2,3)28-23-26(53(45,46)47)14-16-30(28)36(32)19-9-21-51(39,40)41/h8,12-17,23-24H,5-7,9-11,18-22H2,1-4H3,(H3-,39,40,41,42,43,44,45,46,47,48,49,50)/p+1. The molecule has 0 aliphatic carbocycles. The number of hydrogen-bond donors (Lipinski definition) is 4. The minimum Gasteiger partial charge on any atom is -0.344 e. The fourth-order valence-corrected chi connectivity index (χ4v) is 9.32. The predicted octanol–water partition coefficient (Wildman–Crippen LogP) is 4.87. The second kappa shape index (κ2) is 16.0. The maximum atomic E-state index is 12.3. The number of fused-ring (bicyclic) bond motifs is 2. The van der Waals surface area contributed by atoms with Gasteiger partial charge in [0.2, 0.25) is 5.69 Å². The van der Waals surface area contributed by atoms with Gasteiger partial charge in [-0.05, 0) is 88.9 Å². The Balaban J connectivity index is 1.87. The molecule has 0 saturated heterocycles. The summed E-state index contributed by atoms with van der Waals surface area (Å²) in [6, 6.07) is 8.25. The van der Waals surface area contributed by atoms with Gasteiger partial charge >= 0.3 is 0 Å². The lowest BCUT2D eigenvalue weighted by atomic mass is 9.77. The van der Waals surface area contributed by atoms with Crippen LogP contribution in [0.5, 0.6) is 0 Å². The molecular formula is C35H47N2O13S4+. The number of unbranched alkanes of at least 4 members (excludes halogenated alkanes) is 2. The summed E-state index contributed by atoms with van der Waals surface area (Å²) in [5.41, 5.74) is 1.69. The number of carbonyl (C=O) groups is 1. The maximum absolute atomic E-state index is 12.3. The molecule has 0 saturated carbocycles. The van der Waals surface area contributed by atoms with E-state index in [2.05, 4.69) is 0 Å². The van der Waals surface area contributed by atoms with Crippen molar-refractivity contribution in [1.29, 1.82) is 0 Å². The van der Waals surface area contributed by atoms with Gasteiger partial charge in [-0.15, -0.1) is 0 Å². The third-order valence-electron chi connectivity index (χ3n) is 9.95. The van der Waals surface area contributed by atoms with E-state index in [0.29, 0.717) is 66.0 Å². The van der Waals surface area contributed by atoms with E-state index in [1.54, 1.807) is 22.8 Å². The Morgan fingerprint density at radius 3 is 1.91 bits per heavy atom. The van der Waals surface area contributed by atoms with Crippen LogP contribution in [0.3, 0.4) is 0 Å². The zero-order valence-corrected chi connectivity index (χ0v) is 33.7. The van der Waals surface area contributed by atoms with Crippen molar-refractivity contribution in [3.8, 4) is 0 Å². The Morgan fingerprint density at radius 2 is 1.33 bits per heavy atom. The first-order valence-corrected chi connectivity index (χ1v) is 23.3. The van der Waals surface area contributed by atoms with Gasteiger partial charge in [-0.3, -0.25) is 18.2 Å². The van der Waals surface area contributed by atoms with E-state index >= 15 is 0 Å². The first-order valence-electron chi connectivity index (χ1n) is 17.2. The van der Waals surface area contributed by atoms with Crippen molar-refractivity contribution >= 4 is 63.3 Å². The van der Waals surface area contributed by atoms with Crippen molar-refractivity contribution in [2.24, 2.45) is 0 Å². The molecule has 0 amide bonds. The quantitative estimate of drug-likeness (QED) is 0.0891. The van der Waals surface area contributed by atoms with Gasteiger partial charge in [0.25, 0.3) is 40.5 Å².